The van der Waals surface area contributed by atoms with E-state index in [0.717, 1.165) is 4.90 Å². The Kier molecular flexibility index (Phi) is 4.79. The Morgan fingerprint density at radius 3 is 2.52 bits per heavy atom. The van der Waals surface area contributed by atoms with Crippen LogP contribution in [0.1, 0.15) is 31.7 Å². The number of carbonyl (C=O) groups excluding carboxylic acids is 2. The fourth-order valence-electron chi connectivity index (χ4n) is 5.72. The number of nitrogens with zero attached hydrogens (tertiary/aromatic N) is 2. The van der Waals surface area contributed by atoms with E-state index in [1.54, 1.807) is 6.92 Å². The molecular formula is C24H23FN2O6. The predicted molar refractivity (Wildman–Crippen MR) is 115 cm³/mol. The van der Waals surface area contributed by atoms with Crippen molar-refractivity contribution in [2.24, 2.45) is 11.8 Å². The van der Waals surface area contributed by atoms with Gasteiger partial charge in [-0.3, -0.25) is 19.7 Å². The average molecular weight is 454 g/mol. The van der Waals surface area contributed by atoms with Gasteiger partial charge in [-0.2, -0.15) is 0 Å². The number of hydrogen-bond acceptors (Lipinski definition) is 6. The van der Waals surface area contributed by atoms with Gasteiger partial charge in [-0.25, -0.2) is 9.29 Å². The van der Waals surface area contributed by atoms with E-state index in [9.17, 15) is 24.1 Å². The standard InChI is InChI=1S/C24H23FN2O6/c1-14-13-16(5-8-18(14)27(30)31)26-21(28)19-20(22(26)29)24(10-9-23(19,2)33-24)11-12-32-17-6-3-15(25)4-7-17/h3-8,13,19-20H,9-12H2,1-2H3. The Morgan fingerprint density at radius 1 is 1.15 bits per heavy atom. The van der Waals surface area contributed by atoms with Crippen molar-refractivity contribution >= 4 is 23.2 Å². The molecule has 2 amide bonds. The van der Waals surface area contributed by atoms with E-state index in [0.29, 0.717) is 36.3 Å². The molecule has 9 heteroatoms. The Morgan fingerprint density at radius 2 is 1.85 bits per heavy atom. The summed E-state index contributed by atoms with van der Waals surface area (Å²) in [6.45, 7) is 3.70. The summed E-state index contributed by atoms with van der Waals surface area (Å²) in [6.07, 6.45) is 1.69. The quantitative estimate of drug-likeness (QED) is 0.373. The van der Waals surface area contributed by atoms with Gasteiger partial charge < -0.3 is 9.47 Å². The van der Waals surface area contributed by atoms with Gasteiger partial charge in [0.2, 0.25) is 11.8 Å². The lowest BCUT2D eigenvalue weighted by molar-refractivity contribution is -0.385. The summed E-state index contributed by atoms with van der Waals surface area (Å²) in [6, 6.07) is 9.96. The fourth-order valence-corrected chi connectivity index (χ4v) is 5.72. The van der Waals surface area contributed by atoms with Crippen LogP contribution in [0.5, 0.6) is 5.75 Å². The Balaban J connectivity index is 1.40. The van der Waals surface area contributed by atoms with Crippen LogP contribution >= 0.6 is 0 Å². The minimum Gasteiger partial charge on any atom is -0.493 e. The molecule has 3 aliphatic heterocycles. The smallest absolute Gasteiger partial charge is 0.272 e. The first-order chi connectivity index (χ1) is 15.7. The second-order valence-electron chi connectivity index (χ2n) is 9.23. The molecular weight excluding hydrogens is 431 g/mol. The van der Waals surface area contributed by atoms with Gasteiger partial charge >= 0.3 is 0 Å². The molecule has 0 radical (unpaired) electrons. The van der Waals surface area contributed by atoms with Gasteiger partial charge in [0.1, 0.15) is 11.6 Å². The second kappa shape index (κ2) is 7.34. The van der Waals surface area contributed by atoms with Gasteiger partial charge in [0.15, 0.2) is 0 Å². The molecule has 3 fully saturated rings. The highest BCUT2D eigenvalue weighted by molar-refractivity contribution is 6.23. The number of amides is 2. The number of aryl methyl sites for hydroxylation is 1. The van der Waals surface area contributed by atoms with Crippen LogP contribution in [0.25, 0.3) is 0 Å². The SMILES string of the molecule is Cc1cc(N2C(=O)C3C(C2=O)C2(CCOc4ccc(F)cc4)CCC3(C)O2)ccc1[N+](=O)[O-]. The number of rotatable bonds is 6. The van der Waals surface area contributed by atoms with E-state index in [1.807, 2.05) is 6.92 Å². The Labute approximate surface area is 189 Å². The summed E-state index contributed by atoms with van der Waals surface area (Å²) in [5.74, 6) is -1.77. The van der Waals surface area contributed by atoms with Crippen molar-refractivity contribution in [2.75, 3.05) is 11.5 Å². The topological polar surface area (TPSA) is 99.0 Å². The third-order valence-corrected chi connectivity index (χ3v) is 7.25. The first-order valence-electron chi connectivity index (χ1n) is 10.9. The molecule has 2 bridgehead atoms. The van der Waals surface area contributed by atoms with Gasteiger partial charge in [-0.1, -0.05) is 0 Å². The normalized spacial score (nSPS) is 30.1. The molecule has 0 saturated carbocycles. The van der Waals surface area contributed by atoms with Gasteiger partial charge in [0.25, 0.3) is 5.69 Å². The van der Waals surface area contributed by atoms with E-state index in [-0.39, 0.29) is 29.9 Å². The molecule has 172 valence electrons. The number of carbonyl (C=O) groups is 2. The number of anilines is 1. The minimum atomic E-state index is -0.823. The van der Waals surface area contributed by atoms with Crippen molar-refractivity contribution < 1.29 is 28.4 Å². The first kappa shape index (κ1) is 21.5. The van der Waals surface area contributed by atoms with Crippen LogP contribution in [0, 0.1) is 34.7 Å². The molecule has 3 aliphatic rings. The monoisotopic (exact) mass is 454 g/mol. The summed E-state index contributed by atoms with van der Waals surface area (Å²) in [5.41, 5.74) is -0.928. The number of benzene rings is 2. The van der Waals surface area contributed by atoms with Gasteiger partial charge in [0, 0.05) is 18.1 Å². The average Bonchev–Trinajstić information content (AvgIpc) is 3.34. The lowest BCUT2D eigenvalue weighted by atomic mass is 9.67. The zero-order valence-electron chi connectivity index (χ0n) is 18.2. The highest BCUT2D eigenvalue weighted by Crippen LogP contribution is 2.62. The molecule has 0 spiro atoms. The summed E-state index contributed by atoms with van der Waals surface area (Å²) < 4.78 is 25.3. The van der Waals surface area contributed by atoms with Gasteiger partial charge in [-0.15, -0.1) is 0 Å². The van der Waals surface area contributed by atoms with Crippen LogP contribution in [0.3, 0.4) is 0 Å². The molecule has 3 saturated heterocycles. The largest absolute Gasteiger partial charge is 0.493 e. The molecule has 0 aliphatic carbocycles. The molecule has 0 aromatic heterocycles. The van der Waals surface area contributed by atoms with E-state index in [1.165, 1.54) is 42.5 Å². The number of ether oxygens (including phenoxy) is 2. The molecule has 4 unspecified atom stereocenters. The summed E-state index contributed by atoms with van der Waals surface area (Å²) in [5, 5.41) is 11.2. The van der Waals surface area contributed by atoms with E-state index < -0.39 is 28.0 Å². The highest BCUT2D eigenvalue weighted by Gasteiger charge is 2.73. The number of halogens is 1. The Hall–Kier alpha value is -3.33. The van der Waals surface area contributed by atoms with Crippen LogP contribution in [-0.4, -0.2) is 34.5 Å². The van der Waals surface area contributed by atoms with Crippen LogP contribution in [0.15, 0.2) is 42.5 Å². The summed E-state index contributed by atoms with van der Waals surface area (Å²) >= 11 is 0. The number of nitro benzene ring substituents is 1. The lowest BCUT2D eigenvalue weighted by Gasteiger charge is -2.31. The number of fused-ring (bicyclic) bond motifs is 5. The maximum Gasteiger partial charge on any atom is 0.272 e. The first-order valence-corrected chi connectivity index (χ1v) is 10.9. The van der Waals surface area contributed by atoms with E-state index in [4.69, 9.17) is 9.47 Å². The molecule has 8 nitrogen and oxygen atoms in total. The van der Waals surface area contributed by atoms with Crippen LogP contribution in [0.4, 0.5) is 15.8 Å². The molecule has 2 aromatic rings. The number of hydrogen-bond donors (Lipinski definition) is 0. The van der Waals surface area contributed by atoms with Gasteiger partial charge in [-0.05, 0) is 63.1 Å². The van der Waals surface area contributed by atoms with Gasteiger partial charge in [0.05, 0.1) is 40.3 Å². The fraction of sp³-hybridized carbons (Fsp3) is 0.417. The molecule has 4 atom stereocenters. The van der Waals surface area contributed by atoms with Crippen molar-refractivity contribution in [2.45, 2.75) is 44.3 Å². The van der Waals surface area contributed by atoms with Crippen LogP contribution < -0.4 is 9.64 Å². The lowest BCUT2D eigenvalue weighted by Crippen LogP contribution is -2.43. The van der Waals surface area contributed by atoms with Crippen molar-refractivity contribution in [1.29, 1.82) is 0 Å². The van der Waals surface area contributed by atoms with Crippen molar-refractivity contribution in [3.63, 3.8) is 0 Å². The molecule has 0 N–H and O–H groups in total. The molecule has 3 heterocycles. The second-order valence-corrected chi connectivity index (χ2v) is 9.23. The number of nitro groups is 1. The van der Waals surface area contributed by atoms with Crippen LogP contribution in [-0.2, 0) is 14.3 Å². The maximum atomic E-state index is 13.5. The number of imide groups is 1. The van der Waals surface area contributed by atoms with Crippen molar-refractivity contribution in [3.8, 4) is 5.75 Å². The summed E-state index contributed by atoms with van der Waals surface area (Å²) in [7, 11) is 0. The van der Waals surface area contributed by atoms with Crippen LogP contribution in [0.2, 0.25) is 0 Å². The zero-order chi connectivity index (χ0) is 23.5. The minimum absolute atomic E-state index is 0.0668. The maximum absolute atomic E-state index is 13.5. The molecule has 2 aromatic carbocycles. The molecule has 33 heavy (non-hydrogen) atoms. The summed E-state index contributed by atoms with van der Waals surface area (Å²) in [4.78, 5) is 38.8. The third kappa shape index (κ3) is 3.21. The highest BCUT2D eigenvalue weighted by atomic mass is 19.1. The van der Waals surface area contributed by atoms with Crippen molar-refractivity contribution in [3.05, 3.63) is 64.0 Å². The van der Waals surface area contributed by atoms with E-state index >= 15 is 0 Å². The Bertz CT molecular complexity index is 1170. The zero-order valence-corrected chi connectivity index (χ0v) is 18.2. The molecule has 5 rings (SSSR count). The van der Waals surface area contributed by atoms with E-state index in [2.05, 4.69) is 0 Å². The third-order valence-electron chi connectivity index (χ3n) is 7.25. The predicted octanol–water partition coefficient (Wildman–Crippen LogP) is 3.94. The van der Waals surface area contributed by atoms with Crippen molar-refractivity contribution in [1.82, 2.24) is 0 Å².